The Bertz CT molecular complexity index is 882. The Balaban J connectivity index is 3.36. The zero-order chi connectivity index (χ0) is 21.5. The molecule has 0 saturated carbocycles. The average Bonchev–Trinajstić information content (AvgIpc) is 2.58. The summed E-state index contributed by atoms with van der Waals surface area (Å²) >= 11 is 0. The lowest BCUT2D eigenvalue weighted by atomic mass is 10.3. The highest BCUT2D eigenvalue weighted by atomic mass is 32.2. The summed E-state index contributed by atoms with van der Waals surface area (Å²) in [6.07, 6.45) is 0.373. The molecular formula is C17H29N3O6S2. The molecule has 160 valence electrons. The van der Waals surface area contributed by atoms with E-state index < -0.39 is 26.0 Å². The van der Waals surface area contributed by atoms with Crippen LogP contribution in [-0.2, 0) is 24.8 Å². The van der Waals surface area contributed by atoms with E-state index in [9.17, 15) is 21.6 Å². The second-order valence-corrected chi connectivity index (χ2v) is 10.2. The second kappa shape index (κ2) is 10.1. The first-order valence-electron chi connectivity index (χ1n) is 8.94. The Kier molecular flexibility index (Phi) is 8.71. The molecule has 1 rings (SSSR count). The molecule has 1 amide bonds. The summed E-state index contributed by atoms with van der Waals surface area (Å²) in [4.78, 5) is 11.8. The van der Waals surface area contributed by atoms with Crippen LogP contribution in [0, 0.1) is 0 Å². The number of methoxy groups -OCH3 is 1. The molecule has 0 aliphatic heterocycles. The van der Waals surface area contributed by atoms with E-state index in [0.29, 0.717) is 12.2 Å². The SMILES string of the molecule is CCCS(=O)(=O)Nc1cc(OC)ccc1S(=O)(=O)N(CC)CC(=O)NC(C)C. The van der Waals surface area contributed by atoms with Crippen molar-refractivity contribution >= 4 is 31.6 Å². The standard InChI is InChI=1S/C17H29N3O6S2/c1-6-10-27(22,23)19-15-11-14(26-5)8-9-16(15)28(24,25)20(7-2)12-17(21)18-13(3)4/h8-9,11,13,19H,6-7,10,12H2,1-5H3,(H,18,21). The van der Waals surface area contributed by atoms with Crippen LogP contribution in [-0.4, -0.2) is 59.0 Å². The predicted octanol–water partition coefficient (Wildman–Crippen LogP) is 1.38. The minimum Gasteiger partial charge on any atom is -0.497 e. The summed E-state index contributed by atoms with van der Waals surface area (Å²) in [5.41, 5.74) is -0.115. The quantitative estimate of drug-likeness (QED) is 0.542. The van der Waals surface area contributed by atoms with E-state index in [1.165, 1.54) is 25.3 Å². The number of nitrogens with zero attached hydrogens (tertiary/aromatic N) is 1. The monoisotopic (exact) mass is 435 g/mol. The van der Waals surface area contributed by atoms with Crippen LogP contribution in [0.4, 0.5) is 5.69 Å². The average molecular weight is 436 g/mol. The molecule has 11 heteroatoms. The van der Waals surface area contributed by atoms with Gasteiger partial charge in [-0.15, -0.1) is 0 Å². The molecule has 1 aromatic rings. The van der Waals surface area contributed by atoms with Gasteiger partial charge in [0.1, 0.15) is 10.6 Å². The number of sulfonamides is 2. The fourth-order valence-electron chi connectivity index (χ4n) is 2.46. The molecule has 28 heavy (non-hydrogen) atoms. The largest absolute Gasteiger partial charge is 0.497 e. The van der Waals surface area contributed by atoms with Gasteiger partial charge in [-0.2, -0.15) is 4.31 Å². The maximum absolute atomic E-state index is 13.1. The van der Waals surface area contributed by atoms with Crippen molar-refractivity contribution in [2.75, 3.05) is 30.7 Å². The van der Waals surface area contributed by atoms with Crippen LogP contribution in [0.3, 0.4) is 0 Å². The summed E-state index contributed by atoms with van der Waals surface area (Å²) in [7, 11) is -6.48. The number of likely N-dealkylation sites (N-methyl/N-ethyl adjacent to an activating group) is 1. The van der Waals surface area contributed by atoms with Gasteiger partial charge in [0.25, 0.3) is 0 Å². The molecule has 1 aromatic carbocycles. The molecule has 0 heterocycles. The number of anilines is 1. The van der Waals surface area contributed by atoms with Gasteiger partial charge in [-0.3, -0.25) is 9.52 Å². The molecule has 0 atom stereocenters. The molecule has 0 aliphatic rings. The molecule has 9 nitrogen and oxygen atoms in total. The molecule has 0 bridgehead atoms. The maximum atomic E-state index is 13.1. The van der Waals surface area contributed by atoms with E-state index in [-0.39, 0.29) is 35.5 Å². The fraction of sp³-hybridized carbons (Fsp3) is 0.588. The lowest BCUT2D eigenvalue weighted by Crippen LogP contribution is -2.42. The summed E-state index contributed by atoms with van der Waals surface area (Å²) in [5.74, 6) is -0.298. The molecule has 0 spiro atoms. The predicted molar refractivity (Wildman–Crippen MR) is 108 cm³/mol. The van der Waals surface area contributed by atoms with E-state index in [4.69, 9.17) is 4.74 Å². The molecule has 0 radical (unpaired) electrons. The molecule has 0 aliphatic carbocycles. The number of nitrogens with one attached hydrogen (secondary N) is 2. The van der Waals surface area contributed by atoms with Gasteiger partial charge in [-0.1, -0.05) is 13.8 Å². The van der Waals surface area contributed by atoms with Crippen molar-refractivity contribution in [3.05, 3.63) is 18.2 Å². The summed E-state index contributed by atoms with van der Waals surface area (Å²) in [6, 6.07) is 3.86. The third-order valence-electron chi connectivity index (χ3n) is 3.67. The smallest absolute Gasteiger partial charge is 0.245 e. The highest BCUT2D eigenvalue weighted by Gasteiger charge is 2.29. The number of carbonyl (C=O) groups is 1. The maximum Gasteiger partial charge on any atom is 0.245 e. The van der Waals surface area contributed by atoms with Crippen molar-refractivity contribution in [3.8, 4) is 5.75 Å². The lowest BCUT2D eigenvalue weighted by Gasteiger charge is -2.23. The first-order valence-corrected chi connectivity index (χ1v) is 12.0. The van der Waals surface area contributed by atoms with Gasteiger partial charge in [-0.05, 0) is 32.4 Å². The number of benzene rings is 1. The van der Waals surface area contributed by atoms with E-state index in [2.05, 4.69) is 10.0 Å². The van der Waals surface area contributed by atoms with Crippen molar-refractivity contribution in [1.82, 2.24) is 9.62 Å². The topological polar surface area (TPSA) is 122 Å². The first-order chi connectivity index (χ1) is 13.0. The zero-order valence-corrected chi connectivity index (χ0v) is 18.5. The minimum atomic E-state index is -4.13. The van der Waals surface area contributed by atoms with Gasteiger partial charge in [0, 0.05) is 18.7 Å². The second-order valence-electron chi connectivity index (χ2n) is 6.44. The molecule has 0 saturated heterocycles. The lowest BCUT2D eigenvalue weighted by molar-refractivity contribution is -0.121. The van der Waals surface area contributed by atoms with Crippen molar-refractivity contribution in [1.29, 1.82) is 0 Å². The molecule has 0 unspecified atom stereocenters. The molecular weight excluding hydrogens is 406 g/mol. The van der Waals surface area contributed by atoms with E-state index in [1.807, 2.05) is 0 Å². The Morgan fingerprint density at radius 1 is 1.18 bits per heavy atom. The number of hydrogen-bond donors (Lipinski definition) is 2. The number of amides is 1. The Morgan fingerprint density at radius 3 is 2.32 bits per heavy atom. The van der Waals surface area contributed by atoms with Gasteiger partial charge in [0.05, 0.1) is 25.1 Å². The Hall–Kier alpha value is -1.85. The van der Waals surface area contributed by atoms with Crippen molar-refractivity contribution < 1.29 is 26.4 Å². The molecule has 2 N–H and O–H groups in total. The fourth-order valence-corrected chi connectivity index (χ4v) is 5.20. The van der Waals surface area contributed by atoms with E-state index in [0.717, 1.165) is 4.31 Å². The number of rotatable bonds is 11. The van der Waals surface area contributed by atoms with Crippen LogP contribution >= 0.6 is 0 Å². The first kappa shape index (κ1) is 24.2. The summed E-state index contributed by atoms with van der Waals surface area (Å²) < 4.78 is 59.0. The Labute approximate surface area is 167 Å². The third-order valence-corrected chi connectivity index (χ3v) is 7.12. The van der Waals surface area contributed by atoms with Gasteiger partial charge >= 0.3 is 0 Å². The number of hydrogen-bond acceptors (Lipinski definition) is 6. The van der Waals surface area contributed by atoms with Crippen LogP contribution in [0.25, 0.3) is 0 Å². The van der Waals surface area contributed by atoms with Crippen LogP contribution in [0.15, 0.2) is 23.1 Å². The minimum absolute atomic E-state index is 0.0427. The van der Waals surface area contributed by atoms with Gasteiger partial charge < -0.3 is 10.1 Å². The highest BCUT2D eigenvalue weighted by molar-refractivity contribution is 7.93. The third kappa shape index (κ3) is 6.64. The van der Waals surface area contributed by atoms with Crippen molar-refractivity contribution in [2.45, 2.75) is 45.1 Å². The van der Waals surface area contributed by atoms with Crippen LogP contribution in [0.5, 0.6) is 5.75 Å². The van der Waals surface area contributed by atoms with Gasteiger partial charge in [-0.25, -0.2) is 16.8 Å². The number of carbonyl (C=O) groups excluding carboxylic acids is 1. The van der Waals surface area contributed by atoms with E-state index in [1.54, 1.807) is 27.7 Å². The highest BCUT2D eigenvalue weighted by Crippen LogP contribution is 2.29. The zero-order valence-electron chi connectivity index (χ0n) is 16.9. The summed E-state index contributed by atoms with van der Waals surface area (Å²) in [6.45, 7) is 6.52. The van der Waals surface area contributed by atoms with Crippen LogP contribution in [0.1, 0.15) is 34.1 Å². The van der Waals surface area contributed by atoms with Crippen molar-refractivity contribution in [2.24, 2.45) is 0 Å². The van der Waals surface area contributed by atoms with Gasteiger partial charge in [0.15, 0.2) is 0 Å². The normalized spacial score (nSPS) is 12.2. The molecule has 0 fully saturated rings. The van der Waals surface area contributed by atoms with Gasteiger partial charge in [0.2, 0.25) is 26.0 Å². The van der Waals surface area contributed by atoms with Crippen LogP contribution < -0.4 is 14.8 Å². The van der Waals surface area contributed by atoms with Crippen LogP contribution in [0.2, 0.25) is 0 Å². The summed E-state index contributed by atoms with van der Waals surface area (Å²) in [5, 5.41) is 2.64. The molecule has 0 aromatic heterocycles. The van der Waals surface area contributed by atoms with Crippen molar-refractivity contribution in [3.63, 3.8) is 0 Å². The Morgan fingerprint density at radius 2 is 1.82 bits per heavy atom. The number of ether oxygens (including phenoxy) is 1. The van der Waals surface area contributed by atoms with E-state index >= 15 is 0 Å².